The average molecular weight is 350 g/mol. The van der Waals surface area contributed by atoms with Crippen LogP contribution in [0.1, 0.15) is 36.0 Å². The maximum absolute atomic E-state index is 14.2. The monoisotopic (exact) mass is 350 g/mol. The molecule has 0 radical (unpaired) electrons. The zero-order valence-electron chi connectivity index (χ0n) is 14.3. The molecule has 1 aliphatic rings. The van der Waals surface area contributed by atoms with E-state index in [9.17, 15) is 9.18 Å². The van der Waals surface area contributed by atoms with Gasteiger partial charge in [-0.05, 0) is 36.1 Å². The highest BCUT2D eigenvalue weighted by Gasteiger charge is 2.25. The maximum Gasteiger partial charge on any atom is 0.255 e. The summed E-state index contributed by atoms with van der Waals surface area (Å²) in [5, 5.41) is 9.08. The zero-order chi connectivity index (χ0) is 18.5. The van der Waals surface area contributed by atoms with Crippen LogP contribution in [-0.4, -0.2) is 17.3 Å². The zero-order valence-corrected chi connectivity index (χ0v) is 14.3. The third-order valence-electron chi connectivity index (χ3n) is 4.32. The summed E-state index contributed by atoms with van der Waals surface area (Å²) in [6.45, 7) is 1.95. The lowest BCUT2D eigenvalue weighted by atomic mass is 9.89. The Balaban J connectivity index is 1.95. The van der Waals surface area contributed by atoms with Crippen molar-refractivity contribution in [2.45, 2.75) is 19.3 Å². The van der Waals surface area contributed by atoms with Crippen LogP contribution in [0.2, 0.25) is 0 Å². The number of hydroxylamine groups is 1. The number of nitrogens with zero attached hydrogens (tertiary/aromatic N) is 1. The van der Waals surface area contributed by atoms with Gasteiger partial charge in [-0.15, -0.1) is 0 Å². The van der Waals surface area contributed by atoms with Gasteiger partial charge in [0.05, 0.1) is 5.92 Å². The number of allylic oxidation sites excluding steroid dienone is 4. The van der Waals surface area contributed by atoms with Crippen molar-refractivity contribution in [3.8, 4) is 0 Å². The standard InChI is InChI=1S/C21H19FN2O2/c1-14-5-4-6-17(13-23-14)15-9-11-16(12-10-15)20(21(25)24-26)18-7-2-3-8-19(18)22/h2-3,5-13,20,26H,4H2,1H3,(H,24,25). The van der Waals surface area contributed by atoms with E-state index in [2.05, 4.69) is 11.1 Å². The minimum Gasteiger partial charge on any atom is -0.289 e. The molecule has 1 amide bonds. The molecule has 1 unspecified atom stereocenters. The summed E-state index contributed by atoms with van der Waals surface area (Å²) in [5.41, 5.74) is 5.34. The van der Waals surface area contributed by atoms with Crippen LogP contribution in [-0.2, 0) is 4.79 Å². The lowest BCUT2D eigenvalue weighted by Crippen LogP contribution is -2.27. The van der Waals surface area contributed by atoms with Crippen LogP contribution in [0.25, 0.3) is 5.57 Å². The van der Waals surface area contributed by atoms with Crippen molar-refractivity contribution in [2.24, 2.45) is 4.99 Å². The van der Waals surface area contributed by atoms with Crippen molar-refractivity contribution >= 4 is 17.7 Å². The number of aliphatic imine (C=N–C) groups is 1. The van der Waals surface area contributed by atoms with Crippen LogP contribution in [0, 0.1) is 5.82 Å². The van der Waals surface area contributed by atoms with Crippen LogP contribution < -0.4 is 5.48 Å². The summed E-state index contributed by atoms with van der Waals surface area (Å²) in [6.07, 6.45) is 6.72. The first kappa shape index (κ1) is 17.8. The molecule has 26 heavy (non-hydrogen) atoms. The van der Waals surface area contributed by atoms with Gasteiger partial charge in [-0.1, -0.05) is 54.6 Å². The molecule has 3 rings (SSSR count). The fourth-order valence-electron chi connectivity index (χ4n) is 2.94. The molecule has 0 saturated carbocycles. The molecule has 0 spiro atoms. The number of carbonyl (C=O) groups excluding carboxylic acids is 1. The van der Waals surface area contributed by atoms with Gasteiger partial charge in [0.2, 0.25) is 0 Å². The molecule has 2 aromatic rings. The van der Waals surface area contributed by atoms with Gasteiger partial charge in [0.1, 0.15) is 5.82 Å². The van der Waals surface area contributed by atoms with E-state index in [1.54, 1.807) is 29.7 Å². The van der Waals surface area contributed by atoms with E-state index in [0.717, 1.165) is 23.3 Å². The van der Waals surface area contributed by atoms with Gasteiger partial charge >= 0.3 is 0 Å². The first-order valence-electron chi connectivity index (χ1n) is 8.30. The summed E-state index contributed by atoms with van der Waals surface area (Å²) < 4.78 is 14.2. The van der Waals surface area contributed by atoms with Crippen LogP contribution in [0.15, 0.2) is 71.4 Å². The van der Waals surface area contributed by atoms with Crippen molar-refractivity contribution in [3.63, 3.8) is 0 Å². The maximum atomic E-state index is 14.2. The molecular weight excluding hydrogens is 331 g/mol. The van der Waals surface area contributed by atoms with Crippen LogP contribution >= 0.6 is 0 Å². The lowest BCUT2D eigenvalue weighted by molar-refractivity contribution is -0.129. The Kier molecular flexibility index (Phi) is 5.39. The highest BCUT2D eigenvalue weighted by molar-refractivity contribution is 6.10. The molecule has 4 nitrogen and oxygen atoms in total. The van der Waals surface area contributed by atoms with Gasteiger partial charge in [0.15, 0.2) is 0 Å². The molecule has 0 aromatic heterocycles. The summed E-state index contributed by atoms with van der Waals surface area (Å²) in [4.78, 5) is 16.5. The molecule has 1 aliphatic heterocycles. The SMILES string of the molecule is CC1=CCC=C(c2ccc(C(C(=O)NO)c3ccccc3F)cc2)C=N1. The Morgan fingerprint density at radius 1 is 1.15 bits per heavy atom. The Morgan fingerprint density at radius 2 is 1.88 bits per heavy atom. The summed E-state index contributed by atoms with van der Waals surface area (Å²) in [5.74, 6) is -2.11. The minimum atomic E-state index is -0.934. The van der Waals surface area contributed by atoms with E-state index in [1.807, 2.05) is 31.3 Å². The van der Waals surface area contributed by atoms with Gasteiger partial charge in [0.25, 0.3) is 5.91 Å². The fraction of sp³-hybridized carbons (Fsp3) is 0.143. The van der Waals surface area contributed by atoms with E-state index < -0.39 is 17.6 Å². The van der Waals surface area contributed by atoms with E-state index in [-0.39, 0.29) is 5.56 Å². The highest BCUT2D eigenvalue weighted by atomic mass is 19.1. The van der Waals surface area contributed by atoms with Crippen molar-refractivity contribution in [3.05, 3.63) is 88.9 Å². The largest absolute Gasteiger partial charge is 0.289 e. The Bertz CT molecular complexity index is 898. The van der Waals surface area contributed by atoms with Crippen molar-refractivity contribution in [1.82, 2.24) is 5.48 Å². The van der Waals surface area contributed by atoms with Crippen molar-refractivity contribution in [2.75, 3.05) is 0 Å². The van der Waals surface area contributed by atoms with E-state index >= 15 is 0 Å². The second-order valence-electron chi connectivity index (χ2n) is 6.05. The molecular formula is C21H19FN2O2. The second kappa shape index (κ2) is 7.89. The minimum absolute atomic E-state index is 0.210. The summed E-state index contributed by atoms with van der Waals surface area (Å²) in [7, 11) is 0. The van der Waals surface area contributed by atoms with Crippen molar-refractivity contribution in [1.29, 1.82) is 0 Å². The number of hydrogen-bond donors (Lipinski definition) is 2. The summed E-state index contributed by atoms with van der Waals surface area (Å²) >= 11 is 0. The van der Waals surface area contributed by atoms with Crippen LogP contribution in [0.5, 0.6) is 0 Å². The third kappa shape index (κ3) is 3.78. The van der Waals surface area contributed by atoms with Crippen LogP contribution in [0.3, 0.4) is 0 Å². The van der Waals surface area contributed by atoms with Gasteiger partial charge in [-0.25, -0.2) is 9.87 Å². The molecule has 2 aromatic carbocycles. The second-order valence-corrected chi connectivity index (χ2v) is 6.05. The lowest BCUT2D eigenvalue weighted by Gasteiger charge is -2.17. The Morgan fingerprint density at radius 3 is 2.58 bits per heavy atom. The predicted octanol–water partition coefficient (Wildman–Crippen LogP) is 4.22. The molecule has 0 bridgehead atoms. The molecule has 0 aliphatic carbocycles. The third-order valence-corrected chi connectivity index (χ3v) is 4.32. The number of benzene rings is 2. The average Bonchev–Trinajstić information content (AvgIpc) is 2.88. The summed E-state index contributed by atoms with van der Waals surface area (Å²) in [6, 6.07) is 13.3. The molecule has 2 N–H and O–H groups in total. The van der Waals surface area contributed by atoms with Gasteiger partial charge in [0, 0.05) is 17.5 Å². The van der Waals surface area contributed by atoms with E-state index in [4.69, 9.17) is 5.21 Å². The molecule has 0 fully saturated rings. The topological polar surface area (TPSA) is 61.7 Å². The van der Waals surface area contributed by atoms with Gasteiger partial charge < -0.3 is 0 Å². The first-order valence-corrected chi connectivity index (χ1v) is 8.30. The Hall–Kier alpha value is -3.05. The fourth-order valence-corrected chi connectivity index (χ4v) is 2.94. The Labute approximate surface area is 151 Å². The number of nitrogens with one attached hydrogen (secondary N) is 1. The number of halogens is 1. The smallest absolute Gasteiger partial charge is 0.255 e. The van der Waals surface area contributed by atoms with Gasteiger partial charge in [-0.2, -0.15) is 0 Å². The first-order chi connectivity index (χ1) is 12.6. The number of amides is 1. The van der Waals surface area contributed by atoms with E-state index in [1.165, 1.54) is 12.1 Å². The molecule has 1 atom stereocenters. The van der Waals surface area contributed by atoms with Crippen molar-refractivity contribution < 1.29 is 14.4 Å². The van der Waals surface area contributed by atoms with Crippen LogP contribution in [0.4, 0.5) is 4.39 Å². The molecule has 0 saturated heterocycles. The molecule has 5 heteroatoms. The number of hydrogen-bond acceptors (Lipinski definition) is 3. The van der Waals surface area contributed by atoms with Gasteiger partial charge in [-0.3, -0.25) is 15.0 Å². The predicted molar refractivity (Wildman–Crippen MR) is 99.5 cm³/mol. The number of rotatable bonds is 4. The number of carbonyl (C=O) groups is 1. The molecule has 132 valence electrons. The normalized spacial score (nSPS) is 14.9. The quantitative estimate of drug-likeness (QED) is 0.640. The van der Waals surface area contributed by atoms with E-state index in [0.29, 0.717) is 5.56 Å². The molecule has 1 heterocycles. The highest BCUT2D eigenvalue weighted by Crippen LogP contribution is 2.28.